The Balaban J connectivity index is 2.50. The van der Waals surface area contributed by atoms with E-state index in [1.54, 1.807) is 0 Å². The number of hydrogen-bond acceptors (Lipinski definition) is 1. The smallest absolute Gasteiger partial charge is 0.248 e. The molecule has 1 nitrogen and oxygen atoms in total. The quantitative estimate of drug-likeness (QED) is 0.713. The topological polar surface area (TPSA) is 20.2 Å². The van der Waals surface area contributed by atoms with Crippen LogP contribution >= 0.6 is 0 Å². The molecule has 1 aliphatic rings. The Bertz CT molecular complexity index is 168. The van der Waals surface area contributed by atoms with Crippen molar-refractivity contribution in [3.05, 3.63) is 0 Å². The first-order valence-electron chi connectivity index (χ1n) is 4.96. The van der Waals surface area contributed by atoms with Crippen LogP contribution in [-0.4, -0.2) is 17.1 Å². The summed E-state index contributed by atoms with van der Waals surface area (Å²) in [6.45, 7) is 4.00. The van der Waals surface area contributed by atoms with Gasteiger partial charge in [0.05, 0.1) is 6.10 Å². The van der Waals surface area contributed by atoms with Gasteiger partial charge in [-0.25, -0.2) is 8.78 Å². The van der Waals surface area contributed by atoms with Crippen molar-refractivity contribution in [2.45, 2.75) is 51.6 Å². The highest BCUT2D eigenvalue weighted by molar-refractivity contribution is 4.84. The van der Waals surface area contributed by atoms with E-state index in [0.29, 0.717) is 12.3 Å². The second kappa shape index (κ2) is 3.91. The molecule has 0 saturated heterocycles. The maximum absolute atomic E-state index is 13.0. The normalized spacial score (nSPS) is 33.7. The molecule has 13 heavy (non-hydrogen) atoms. The highest BCUT2D eigenvalue weighted by Crippen LogP contribution is 2.39. The van der Waals surface area contributed by atoms with Gasteiger partial charge in [-0.15, -0.1) is 0 Å². The van der Waals surface area contributed by atoms with Gasteiger partial charge < -0.3 is 5.11 Å². The number of rotatable bonds is 2. The maximum atomic E-state index is 13.0. The second-order valence-corrected chi connectivity index (χ2v) is 4.56. The summed E-state index contributed by atoms with van der Waals surface area (Å²) in [5.74, 6) is -2.36. The number of alkyl halides is 2. The van der Waals surface area contributed by atoms with Crippen molar-refractivity contribution in [3.63, 3.8) is 0 Å². The van der Waals surface area contributed by atoms with E-state index in [1.807, 2.05) is 13.8 Å². The Morgan fingerprint density at radius 2 is 2.08 bits per heavy atom. The molecule has 0 spiro atoms. The molecule has 0 heterocycles. The van der Waals surface area contributed by atoms with Gasteiger partial charge in [-0.2, -0.15) is 0 Å². The summed E-state index contributed by atoms with van der Waals surface area (Å²) in [4.78, 5) is 0. The van der Waals surface area contributed by atoms with E-state index in [1.165, 1.54) is 0 Å². The van der Waals surface area contributed by atoms with Crippen LogP contribution in [0.2, 0.25) is 0 Å². The van der Waals surface area contributed by atoms with Crippen LogP contribution in [0.15, 0.2) is 0 Å². The lowest BCUT2D eigenvalue weighted by atomic mass is 9.79. The first-order chi connectivity index (χ1) is 5.91. The fourth-order valence-electron chi connectivity index (χ4n) is 2.06. The van der Waals surface area contributed by atoms with E-state index in [-0.39, 0.29) is 25.2 Å². The molecule has 1 rings (SSSR count). The Hall–Kier alpha value is -0.180. The summed E-state index contributed by atoms with van der Waals surface area (Å²) in [6, 6.07) is 0. The van der Waals surface area contributed by atoms with Crippen molar-refractivity contribution >= 4 is 0 Å². The fraction of sp³-hybridized carbons (Fsp3) is 1.00. The van der Waals surface area contributed by atoms with Crippen molar-refractivity contribution in [2.24, 2.45) is 11.8 Å². The zero-order valence-corrected chi connectivity index (χ0v) is 8.26. The molecule has 0 aliphatic heterocycles. The molecule has 1 aliphatic carbocycles. The molecular weight excluding hydrogens is 174 g/mol. The summed E-state index contributed by atoms with van der Waals surface area (Å²) >= 11 is 0. The molecule has 0 radical (unpaired) electrons. The van der Waals surface area contributed by atoms with Gasteiger partial charge in [-0.1, -0.05) is 13.8 Å². The average Bonchev–Trinajstić information content (AvgIpc) is 1.95. The van der Waals surface area contributed by atoms with Crippen LogP contribution in [0.3, 0.4) is 0 Å². The van der Waals surface area contributed by atoms with Crippen molar-refractivity contribution in [3.8, 4) is 0 Å². The summed E-state index contributed by atoms with van der Waals surface area (Å²) in [7, 11) is 0. The second-order valence-electron chi connectivity index (χ2n) is 4.56. The Morgan fingerprint density at radius 1 is 1.46 bits per heavy atom. The summed E-state index contributed by atoms with van der Waals surface area (Å²) < 4.78 is 25.9. The molecule has 0 amide bonds. The number of halogens is 2. The third-order valence-corrected chi connectivity index (χ3v) is 2.68. The number of hydrogen-bond donors (Lipinski definition) is 1. The SMILES string of the molecule is CC(C)C[C@@H]1CC(F)(F)CC[C@@H]1O. The largest absolute Gasteiger partial charge is 0.393 e. The molecule has 0 aromatic rings. The van der Waals surface area contributed by atoms with Crippen molar-refractivity contribution in [1.29, 1.82) is 0 Å². The van der Waals surface area contributed by atoms with Crippen LogP contribution in [0.4, 0.5) is 8.78 Å². The van der Waals surface area contributed by atoms with Crippen LogP contribution in [0, 0.1) is 11.8 Å². The lowest BCUT2D eigenvalue weighted by Gasteiger charge is -2.34. The van der Waals surface area contributed by atoms with E-state index in [4.69, 9.17) is 0 Å². The van der Waals surface area contributed by atoms with Crippen LogP contribution in [0.25, 0.3) is 0 Å². The Kier molecular flexibility index (Phi) is 3.28. The van der Waals surface area contributed by atoms with Crippen LogP contribution in [-0.2, 0) is 0 Å². The van der Waals surface area contributed by atoms with Gasteiger partial charge in [-0.05, 0) is 24.7 Å². The lowest BCUT2D eigenvalue weighted by molar-refractivity contribution is -0.0952. The van der Waals surface area contributed by atoms with Gasteiger partial charge in [0.15, 0.2) is 0 Å². The van der Waals surface area contributed by atoms with E-state index < -0.39 is 12.0 Å². The van der Waals surface area contributed by atoms with E-state index in [9.17, 15) is 13.9 Å². The average molecular weight is 192 g/mol. The molecule has 0 aromatic heterocycles. The minimum atomic E-state index is -2.54. The first-order valence-corrected chi connectivity index (χ1v) is 4.96. The van der Waals surface area contributed by atoms with Crippen LogP contribution in [0.5, 0.6) is 0 Å². The molecule has 2 atom stereocenters. The fourth-order valence-corrected chi connectivity index (χ4v) is 2.06. The van der Waals surface area contributed by atoms with Gasteiger partial charge in [0.1, 0.15) is 0 Å². The lowest BCUT2D eigenvalue weighted by Crippen LogP contribution is -2.36. The molecule has 78 valence electrons. The number of aliphatic hydroxyl groups excluding tert-OH is 1. The first kappa shape index (κ1) is 10.9. The summed E-state index contributed by atoms with van der Waals surface area (Å²) in [6.07, 6.45) is 0.165. The molecular formula is C10H18F2O. The molecule has 1 N–H and O–H groups in total. The minimum Gasteiger partial charge on any atom is -0.393 e. The highest BCUT2D eigenvalue weighted by atomic mass is 19.3. The molecule has 3 heteroatoms. The minimum absolute atomic E-state index is 0.133. The van der Waals surface area contributed by atoms with Gasteiger partial charge in [0, 0.05) is 12.8 Å². The molecule has 0 unspecified atom stereocenters. The Labute approximate surface area is 78.1 Å². The molecule has 0 bridgehead atoms. The van der Waals surface area contributed by atoms with Crippen molar-refractivity contribution < 1.29 is 13.9 Å². The number of aliphatic hydroxyl groups is 1. The molecule has 0 aromatic carbocycles. The third kappa shape index (κ3) is 3.22. The maximum Gasteiger partial charge on any atom is 0.248 e. The highest BCUT2D eigenvalue weighted by Gasteiger charge is 2.40. The van der Waals surface area contributed by atoms with Gasteiger partial charge in [0.2, 0.25) is 5.92 Å². The predicted octanol–water partition coefficient (Wildman–Crippen LogP) is 2.83. The third-order valence-electron chi connectivity index (χ3n) is 2.68. The van der Waals surface area contributed by atoms with Gasteiger partial charge in [-0.3, -0.25) is 0 Å². The predicted molar refractivity (Wildman–Crippen MR) is 47.7 cm³/mol. The van der Waals surface area contributed by atoms with Gasteiger partial charge >= 0.3 is 0 Å². The van der Waals surface area contributed by atoms with Crippen molar-refractivity contribution in [1.82, 2.24) is 0 Å². The molecule has 1 fully saturated rings. The zero-order valence-electron chi connectivity index (χ0n) is 8.26. The van der Waals surface area contributed by atoms with E-state index in [0.717, 1.165) is 0 Å². The standard InChI is InChI=1S/C10H18F2O/c1-7(2)5-8-6-10(11,12)4-3-9(8)13/h7-9,13H,3-6H2,1-2H3/t8-,9+/m1/s1. The monoisotopic (exact) mass is 192 g/mol. The van der Waals surface area contributed by atoms with Crippen LogP contribution in [0.1, 0.15) is 39.5 Å². The van der Waals surface area contributed by atoms with E-state index in [2.05, 4.69) is 0 Å². The van der Waals surface area contributed by atoms with Crippen molar-refractivity contribution in [2.75, 3.05) is 0 Å². The zero-order chi connectivity index (χ0) is 10.1. The van der Waals surface area contributed by atoms with Crippen LogP contribution < -0.4 is 0 Å². The Morgan fingerprint density at radius 3 is 2.62 bits per heavy atom. The summed E-state index contributed by atoms with van der Waals surface area (Å²) in [5.41, 5.74) is 0. The molecule has 1 saturated carbocycles. The summed E-state index contributed by atoms with van der Waals surface area (Å²) in [5, 5.41) is 9.52. The van der Waals surface area contributed by atoms with E-state index >= 15 is 0 Å². The van der Waals surface area contributed by atoms with Gasteiger partial charge in [0.25, 0.3) is 0 Å².